The van der Waals surface area contributed by atoms with Crippen LogP contribution in [0.15, 0.2) is 18.2 Å². The average molecular weight is 272 g/mol. The molecule has 3 rings (SSSR count). The van der Waals surface area contributed by atoms with Crippen LogP contribution < -0.4 is 5.32 Å². The molecule has 0 spiro atoms. The van der Waals surface area contributed by atoms with Crippen LogP contribution in [-0.2, 0) is 12.8 Å². The summed E-state index contributed by atoms with van der Waals surface area (Å²) < 4.78 is 0. The second-order valence-electron chi connectivity index (χ2n) is 5.00. The molecule has 98 valence electrons. The summed E-state index contributed by atoms with van der Waals surface area (Å²) in [4.78, 5) is 18.0. The van der Waals surface area contributed by atoms with E-state index in [0.29, 0.717) is 5.56 Å². The Kier molecular flexibility index (Phi) is 3.11. The third-order valence-corrected chi connectivity index (χ3v) is 4.66. The van der Waals surface area contributed by atoms with Gasteiger partial charge in [-0.05, 0) is 56.4 Å². The maximum atomic E-state index is 12.2. The van der Waals surface area contributed by atoms with E-state index < -0.39 is 0 Å². The van der Waals surface area contributed by atoms with Crippen molar-refractivity contribution in [3.05, 3.63) is 45.5 Å². The first-order valence-corrected chi connectivity index (χ1v) is 7.32. The largest absolute Gasteiger partial charge is 0.298 e. The van der Waals surface area contributed by atoms with Gasteiger partial charge in [0.25, 0.3) is 5.91 Å². The lowest BCUT2D eigenvalue weighted by Gasteiger charge is -2.05. The summed E-state index contributed by atoms with van der Waals surface area (Å²) >= 11 is 1.61. The number of aromatic nitrogens is 1. The summed E-state index contributed by atoms with van der Waals surface area (Å²) in [6, 6.07) is 5.76. The zero-order valence-corrected chi connectivity index (χ0v) is 11.9. The Morgan fingerprint density at radius 2 is 2.11 bits per heavy atom. The van der Waals surface area contributed by atoms with Crippen molar-refractivity contribution in [2.24, 2.45) is 0 Å². The van der Waals surface area contributed by atoms with E-state index in [1.807, 2.05) is 32.0 Å². The summed E-state index contributed by atoms with van der Waals surface area (Å²) in [5.74, 6) is -0.0736. The topological polar surface area (TPSA) is 42.0 Å². The van der Waals surface area contributed by atoms with E-state index in [2.05, 4.69) is 10.3 Å². The minimum atomic E-state index is -0.0736. The van der Waals surface area contributed by atoms with Crippen molar-refractivity contribution in [2.75, 3.05) is 5.32 Å². The average Bonchev–Trinajstić information content (AvgIpc) is 2.93. The maximum Gasteiger partial charge on any atom is 0.257 e. The Balaban J connectivity index is 1.78. The fourth-order valence-electron chi connectivity index (χ4n) is 2.30. The van der Waals surface area contributed by atoms with Gasteiger partial charge in [0.2, 0.25) is 0 Å². The predicted octanol–water partition coefficient (Wildman–Crippen LogP) is 3.50. The molecular weight excluding hydrogens is 256 g/mol. The molecule has 0 atom stereocenters. The van der Waals surface area contributed by atoms with Crippen LogP contribution in [0.25, 0.3) is 0 Å². The zero-order valence-electron chi connectivity index (χ0n) is 11.1. The molecule has 2 aromatic rings. The van der Waals surface area contributed by atoms with E-state index in [1.54, 1.807) is 11.3 Å². The number of carbonyl (C=O) groups is 1. The molecule has 1 N–H and O–H groups in total. The van der Waals surface area contributed by atoms with E-state index in [9.17, 15) is 4.79 Å². The Morgan fingerprint density at radius 3 is 2.84 bits per heavy atom. The molecule has 4 heteroatoms. The van der Waals surface area contributed by atoms with Gasteiger partial charge in [0.15, 0.2) is 5.13 Å². The third-order valence-electron chi connectivity index (χ3n) is 3.59. The van der Waals surface area contributed by atoms with Crippen molar-refractivity contribution in [3.63, 3.8) is 0 Å². The first-order chi connectivity index (χ1) is 9.13. The summed E-state index contributed by atoms with van der Waals surface area (Å²) in [6.07, 6.45) is 3.34. The molecule has 0 saturated heterocycles. The molecule has 1 aromatic heterocycles. The van der Waals surface area contributed by atoms with Gasteiger partial charge < -0.3 is 0 Å². The Hall–Kier alpha value is -1.68. The molecule has 0 bridgehead atoms. The number of rotatable bonds is 2. The fourth-order valence-corrected chi connectivity index (χ4v) is 3.34. The van der Waals surface area contributed by atoms with Crippen molar-refractivity contribution in [2.45, 2.75) is 33.1 Å². The highest BCUT2D eigenvalue weighted by Gasteiger charge is 2.18. The van der Waals surface area contributed by atoms with Gasteiger partial charge in [0, 0.05) is 10.4 Å². The highest BCUT2D eigenvalue weighted by molar-refractivity contribution is 7.15. The lowest BCUT2D eigenvalue weighted by molar-refractivity contribution is 0.102. The van der Waals surface area contributed by atoms with Crippen molar-refractivity contribution in [3.8, 4) is 0 Å². The summed E-state index contributed by atoms with van der Waals surface area (Å²) in [5.41, 5.74) is 4.19. The minimum Gasteiger partial charge on any atom is -0.298 e. The second kappa shape index (κ2) is 4.78. The van der Waals surface area contributed by atoms with E-state index in [1.165, 1.54) is 22.6 Å². The molecule has 1 aromatic carbocycles. The second-order valence-corrected chi connectivity index (χ2v) is 6.08. The number of hydrogen-bond donors (Lipinski definition) is 1. The van der Waals surface area contributed by atoms with E-state index >= 15 is 0 Å². The SMILES string of the molecule is Cc1ccc(C(=O)Nc2nc3c(s2)CCC3)cc1C. The molecule has 3 nitrogen and oxygen atoms in total. The number of amides is 1. The Labute approximate surface area is 116 Å². The number of aryl methyl sites for hydroxylation is 4. The molecular formula is C15H16N2OS. The van der Waals surface area contributed by atoms with Crippen LogP contribution in [0.2, 0.25) is 0 Å². The van der Waals surface area contributed by atoms with Gasteiger partial charge in [-0.2, -0.15) is 0 Å². The van der Waals surface area contributed by atoms with Crippen LogP contribution in [0.1, 0.15) is 38.5 Å². The lowest BCUT2D eigenvalue weighted by atomic mass is 10.1. The van der Waals surface area contributed by atoms with Crippen molar-refractivity contribution in [1.82, 2.24) is 4.98 Å². The Bertz CT molecular complexity index is 624. The first kappa shape index (κ1) is 12.4. The Morgan fingerprint density at radius 1 is 1.26 bits per heavy atom. The van der Waals surface area contributed by atoms with Crippen LogP contribution in [0, 0.1) is 13.8 Å². The maximum absolute atomic E-state index is 12.2. The number of nitrogens with one attached hydrogen (secondary N) is 1. The van der Waals surface area contributed by atoms with E-state index in [4.69, 9.17) is 0 Å². The van der Waals surface area contributed by atoms with Crippen LogP contribution in [0.3, 0.4) is 0 Å². The highest BCUT2D eigenvalue weighted by Crippen LogP contribution is 2.30. The van der Waals surface area contributed by atoms with Crippen LogP contribution in [0.4, 0.5) is 5.13 Å². The molecule has 0 aliphatic heterocycles. The smallest absolute Gasteiger partial charge is 0.257 e. The lowest BCUT2D eigenvalue weighted by Crippen LogP contribution is -2.12. The number of thiazole rings is 1. The number of fused-ring (bicyclic) bond motifs is 1. The van der Waals surface area contributed by atoms with Gasteiger partial charge >= 0.3 is 0 Å². The van der Waals surface area contributed by atoms with Crippen LogP contribution in [-0.4, -0.2) is 10.9 Å². The van der Waals surface area contributed by atoms with Crippen molar-refractivity contribution >= 4 is 22.4 Å². The molecule has 19 heavy (non-hydrogen) atoms. The van der Waals surface area contributed by atoms with Crippen LogP contribution >= 0.6 is 11.3 Å². The number of nitrogens with zero attached hydrogens (tertiary/aromatic N) is 1. The van der Waals surface area contributed by atoms with Crippen molar-refractivity contribution in [1.29, 1.82) is 0 Å². The normalized spacial score (nSPS) is 13.4. The zero-order chi connectivity index (χ0) is 13.4. The van der Waals surface area contributed by atoms with E-state index in [0.717, 1.165) is 23.5 Å². The molecule has 0 radical (unpaired) electrons. The monoisotopic (exact) mass is 272 g/mol. The predicted molar refractivity (Wildman–Crippen MR) is 78.0 cm³/mol. The standard InChI is InChI=1S/C15H16N2OS/c1-9-6-7-11(8-10(9)2)14(18)17-15-16-12-4-3-5-13(12)19-15/h6-8H,3-5H2,1-2H3,(H,16,17,18). The minimum absolute atomic E-state index is 0.0736. The van der Waals surface area contributed by atoms with Crippen LogP contribution in [0.5, 0.6) is 0 Å². The quantitative estimate of drug-likeness (QED) is 0.909. The van der Waals surface area contributed by atoms with Gasteiger partial charge in [-0.15, -0.1) is 11.3 Å². The van der Waals surface area contributed by atoms with Gasteiger partial charge in [0.05, 0.1) is 5.69 Å². The fraction of sp³-hybridized carbons (Fsp3) is 0.333. The molecule has 0 saturated carbocycles. The molecule has 1 amide bonds. The van der Waals surface area contributed by atoms with Gasteiger partial charge in [-0.1, -0.05) is 6.07 Å². The number of anilines is 1. The first-order valence-electron chi connectivity index (χ1n) is 6.50. The number of benzene rings is 1. The third kappa shape index (κ3) is 2.40. The molecule has 1 aliphatic rings. The van der Waals surface area contributed by atoms with Gasteiger partial charge in [-0.25, -0.2) is 4.98 Å². The molecule has 1 heterocycles. The summed E-state index contributed by atoms with van der Waals surface area (Å²) in [6.45, 7) is 4.06. The van der Waals surface area contributed by atoms with Crippen molar-refractivity contribution < 1.29 is 4.79 Å². The highest BCUT2D eigenvalue weighted by atomic mass is 32.1. The molecule has 0 fully saturated rings. The van der Waals surface area contributed by atoms with Gasteiger partial charge in [0.1, 0.15) is 0 Å². The summed E-state index contributed by atoms with van der Waals surface area (Å²) in [5, 5.41) is 3.63. The number of hydrogen-bond acceptors (Lipinski definition) is 3. The number of carbonyl (C=O) groups excluding carboxylic acids is 1. The van der Waals surface area contributed by atoms with Gasteiger partial charge in [-0.3, -0.25) is 10.1 Å². The summed E-state index contributed by atoms with van der Waals surface area (Å²) in [7, 11) is 0. The molecule has 0 unspecified atom stereocenters. The van der Waals surface area contributed by atoms with E-state index in [-0.39, 0.29) is 5.91 Å². The molecule has 1 aliphatic carbocycles.